The number of aliphatic carboxylic acids is 1. The van der Waals surface area contributed by atoms with Crippen LogP contribution < -0.4 is 0 Å². The number of aromatic nitrogens is 2. The van der Waals surface area contributed by atoms with Crippen LogP contribution in [0.1, 0.15) is 23.2 Å². The standard InChI is InChI=1S/C13H15N3O3/c17-12(9-3-4-14-15-5-9)16-6-10(8-1-2-8)11(7-16)13(18)19/h3-5,8,10-11H,1-2,6-7H2,(H,18,19)/t10-,11+/m1/s1. The van der Waals surface area contributed by atoms with Gasteiger partial charge >= 0.3 is 5.97 Å². The molecule has 1 N–H and O–H groups in total. The summed E-state index contributed by atoms with van der Waals surface area (Å²) >= 11 is 0. The van der Waals surface area contributed by atoms with E-state index in [1.807, 2.05) is 0 Å². The molecule has 1 aliphatic carbocycles. The lowest BCUT2D eigenvalue weighted by Gasteiger charge is -2.15. The summed E-state index contributed by atoms with van der Waals surface area (Å²) < 4.78 is 0. The Labute approximate surface area is 110 Å². The Morgan fingerprint density at radius 3 is 2.63 bits per heavy atom. The highest BCUT2D eigenvalue weighted by molar-refractivity contribution is 5.94. The molecule has 2 heterocycles. The van der Waals surface area contributed by atoms with Gasteiger partial charge in [0, 0.05) is 13.1 Å². The highest BCUT2D eigenvalue weighted by Crippen LogP contribution is 2.44. The Bertz CT molecular complexity index is 501. The van der Waals surface area contributed by atoms with Gasteiger partial charge in [-0.1, -0.05) is 0 Å². The van der Waals surface area contributed by atoms with E-state index in [0.29, 0.717) is 24.6 Å². The van der Waals surface area contributed by atoms with Crippen LogP contribution >= 0.6 is 0 Å². The number of nitrogens with zero attached hydrogens (tertiary/aromatic N) is 3. The van der Waals surface area contributed by atoms with E-state index in [4.69, 9.17) is 0 Å². The molecular formula is C13H15N3O3. The first-order chi connectivity index (χ1) is 9.16. The molecule has 1 saturated heterocycles. The SMILES string of the molecule is O=C(O)[C@H]1CN(C(=O)c2ccnnc2)C[C@@H]1C1CC1. The molecule has 0 bridgehead atoms. The first-order valence-corrected chi connectivity index (χ1v) is 6.45. The average Bonchev–Trinajstić information content (AvgIpc) is 3.17. The zero-order valence-electron chi connectivity index (χ0n) is 10.4. The fourth-order valence-electron chi connectivity index (χ4n) is 2.86. The number of carbonyl (C=O) groups is 2. The second kappa shape index (κ2) is 4.60. The first kappa shape index (κ1) is 12.1. The predicted molar refractivity (Wildman–Crippen MR) is 65.3 cm³/mol. The van der Waals surface area contributed by atoms with Gasteiger partial charge in [-0.15, -0.1) is 0 Å². The van der Waals surface area contributed by atoms with Crippen LogP contribution in [0.15, 0.2) is 18.5 Å². The number of likely N-dealkylation sites (tertiary alicyclic amines) is 1. The van der Waals surface area contributed by atoms with Gasteiger partial charge in [-0.05, 0) is 30.7 Å². The number of amides is 1. The van der Waals surface area contributed by atoms with Crippen LogP contribution in [0.5, 0.6) is 0 Å². The van der Waals surface area contributed by atoms with Crippen LogP contribution in [-0.2, 0) is 4.79 Å². The second-order valence-electron chi connectivity index (χ2n) is 5.29. The summed E-state index contributed by atoms with van der Waals surface area (Å²) in [6.07, 6.45) is 5.07. The monoisotopic (exact) mass is 261 g/mol. The van der Waals surface area contributed by atoms with Crippen molar-refractivity contribution in [2.75, 3.05) is 13.1 Å². The third kappa shape index (κ3) is 2.30. The van der Waals surface area contributed by atoms with Crippen LogP contribution in [0, 0.1) is 17.8 Å². The summed E-state index contributed by atoms with van der Waals surface area (Å²) in [7, 11) is 0. The maximum absolute atomic E-state index is 12.3. The molecule has 0 spiro atoms. The molecule has 1 amide bonds. The van der Waals surface area contributed by atoms with Gasteiger partial charge in [-0.2, -0.15) is 10.2 Å². The molecule has 0 radical (unpaired) electrons. The third-order valence-corrected chi connectivity index (χ3v) is 4.03. The van der Waals surface area contributed by atoms with E-state index in [0.717, 1.165) is 12.8 Å². The van der Waals surface area contributed by atoms with Crippen molar-refractivity contribution in [2.45, 2.75) is 12.8 Å². The van der Waals surface area contributed by atoms with Crippen LogP contribution in [0.2, 0.25) is 0 Å². The lowest BCUT2D eigenvalue weighted by atomic mass is 9.92. The van der Waals surface area contributed by atoms with Crippen molar-refractivity contribution < 1.29 is 14.7 Å². The number of carboxylic acid groups (broad SMARTS) is 1. The fraction of sp³-hybridized carbons (Fsp3) is 0.538. The first-order valence-electron chi connectivity index (χ1n) is 6.45. The van der Waals surface area contributed by atoms with Crippen molar-refractivity contribution in [1.82, 2.24) is 15.1 Å². The van der Waals surface area contributed by atoms with Crippen LogP contribution in [0.4, 0.5) is 0 Å². The molecule has 1 aromatic rings. The Morgan fingerprint density at radius 2 is 2.05 bits per heavy atom. The van der Waals surface area contributed by atoms with Gasteiger partial charge in [0.05, 0.1) is 23.9 Å². The maximum Gasteiger partial charge on any atom is 0.308 e. The summed E-state index contributed by atoms with van der Waals surface area (Å²) in [6, 6.07) is 1.61. The lowest BCUT2D eigenvalue weighted by molar-refractivity contribution is -0.142. The van der Waals surface area contributed by atoms with Gasteiger partial charge in [-0.25, -0.2) is 0 Å². The maximum atomic E-state index is 12.3. The lowest BCUT2D eigenvalue weighted by Crippen LogP contribution is -2.30. The molecule has 2 fully saturated rings. The summed E-state index contributed by atoms with van der Waals surface area (Å²) in [6.45, 7) is 0.848. The molecule has 100 valence electrons. The van der Waals surface area contributed by atoms with E-state index in [2.05, 4.69) is 10.2 Å². The summed E-state index contributed by atoms with van der Waals surface area (Å²) in [5.41, 5.74) is 0.468. The normalized spacial score (nSPS) is 26.4. The average molecular weight is 261 g/mol. The van der Waals surface area contributed by atoms with E-state index in [1.165, 1.54) is 12.4 Å². The Morgan fingerprint density at radius 1 is 1.26 bits per heavy atom. The van der Waals surface area contributed by atoms with E-state index >= 15 is 0 Å². The minimum atomic E-state index is -0.792. The molecule has 6 heteroatoms. The quantitative estimate of drug-likeness (QED) is 0.864. The van der Waals surface area contributed by atoms with Gasteiger partial charge in [-0.3, -0.25) is 9.59 Å². The molecule has 3 rings (SSSR count). The zero-order chi connectivity index (χ0) is 13.4. The summed E-state index contributed by atoms with van der Waals surface area (Å²) in [4.78, 5) is 25.2. The van der Waals surface area contributed by atoms with E-state index in [1.54, 1.807) is 11.0 Å². The number of carbonyl (C=O) groups excluding carboxylic acids is 1. The van der Waals surface area contributed by atoms with Crippen LogP contribution in [-0.4, -0.2) is 45.2 Å². The largest absolute Gasteiger partial charge is 0.481 e. The van der Waals surface area contributed by atoms with E-state index < -0.39 is 11.9 Å². The molecular weight excluding hydrogens is 246 g/mol. The van der Waals surface area contributed by atoms with Crippen molar-refractivity contribution >= 4 is 11.9 Å². The molecule has 0 aromatic carbocycles. The molecule has 2 atom stereocenters. The minimum absolute atomic E-state index is 0.108. The highest BCUT2D eigenvalue weighted by Gasteiger charge is 2.46. The number of rotatable bonds is 3. The number of carboxylic acids is 1. The summed E-state index contributed by atoms with van der Waals surface area (Å²) in [5.74, 6) is -0.777. The van der Waals surface area contributed by atoms with Gasteiger partial charge in [0.2, 0.25) is 0 Å². The molecule has 2 aliphatic rings. The van der Waals surface area contributed by atoms with Crippen molar-refractivity contribution in [3.63, 3.8) is 0 Å². The predicted octanol–water partition coefficient (Wildman–Crippen LogP) is 0.659. The third-order valence-electron chi connectivity index (χ3n) is 4.03. The van der Waals surface area contributed by atoms with Crippen LogP contribution in [0.25, 0.3) is 0 Å². The Balaban J connectivity index is 1.76. The van der Waals surface area contributed by atoms with Crippen molar-refractivity contribution in [2.24, 2.45) is 17.8 Å². The number of hydrogen-bond acceptors (Lipinski definition) is 4. The molecule has 1 saturated carbocycles. The van der Waals surface area contributed by atoms with Gasteiger partial charge in [0.15, 0.2) is 0 Å². The molecule has 6 nitrogen and oxygen atoms in total. The topological polar surface area (TPSA) is 83.4 Å². The molecule has 1 aromatic heterocycles. The van der Waals surface area contributed by atoms with E-state index in [9.17, 15) is 14.7 Å². The van der Waals surface area contributed by atoms with Gasteiger partial charge in [0.1, 0.15) is 0 Å². The van der Waals surface area contributed by atoms with Gasteiger partial charge < -0.3 is 10.0 Å². The van der Waals surface area contributed by atoms with Crippen molar-refractivity contribution in [3.05, 3.63) is 24.0 Å². The zero-order valence-corrected chi connectivity index (χ0v) is 10.4. The molecule has 0 unspecified atom stereocenters. The molecule has 1 aliphatic heterocycles. The second-order valence-corrected chi connectivity index (χ2v) is 5.29. The fourth-order valence-corrected chi connectivity index (χ4v) is 2.86. The summed E-state index contributed by atoms with van der Waals surface area (Å²) in [5, 5.41) is 16.6. The van der Waals surface area contributed by atoms with Crippen molar-refractivity contribution in [1.29, 1.82) is 0 Å². The molecule has 19 heavy (non-hydrogen) atoms. The smallest absolute Gasteiger partial charge is 0.308 e. The van der Waals surface area contributed by atoms with Crippen molar-refractivity contribution in [3.8, 4) is 0 Å². The van der Waals surface area contributed by atoms with Gasteiger partial charge in [0.25, 0.3) is 5.91 Å². The number of hydrogen-bond donors (Lipinski definition) is 1. The Hall–Kier alpha value is -1.98. The highest BCUT2D eigenvalue weighted by atomic mass is 16.4. The van der Waals surface area contributed by atoms with Crippen LogP contribution in [0.3, 0.4) is 0 Å². The Kier molecular flexibility index (Phi) is 2.93. The van der Waals surface area contributed by atoms with E-state index in [-0.39, 0.29) is 11.8 Å². The minimum Gasteiger partial charge on any atom is -0.481 e.